The second kappa shape index (κ2) is 6.32. The molecule has 1 aromatic heterocycles. The minimum atomic E-state index is -0.161. The molecular formula is C10H15BrN2O2S. The van der Waals surface area contributed by atoms with Crippen LogP contribution in [0.2, 0.25) is 0 Å². The highest BCUT2D eigenvalue weighted by Crippen LogP contribution is 2.13. The van der Waals surface area contributed by atoms with Crippen LogP contribution in [0, 0.1) is 0 Å². The van der Waals surface area contributed by atoms with Gasteiger partial charge in [-0.05, 0) is 35.2 Å². The van der Waals surface area contributed by atoms with Crippen molar-refractivity contribution in [2.75, 3.05) is 12.9 Å². The molecule has 6 heteroatoms. The second-order valence-corrected chi connectivity index (χ2v) is 5.44. The van der Waals surface area contributed by atoms with Crippen molar-refractivity contribution < 1.29 is 9.90 Å². The fourth-order valence-electron chi connectivity index (χ4n) is 1.31. The summed E-state index contributed by atoms with van der Waals surface area (Å²) in [5, 5.41) is 12.0. The number of aromatic amines is 1. The van der Waals surface area contributed by atoms with Crippen LogP contribution in [0.25, 0.3) is 0 Å². The molecule has 2 atom stereocenters. The Balaban J connectivity index is 2.57. The van der Waals surface area contributed by atoms with Crippen molar-refractivity contribution in [2.24, 2.45) is 0 Å². The van der Waals surface area contributed by atoms with E-state index in [-0.39, 0.29) is 23.8 Å². The average Bonchev–Trinajstić information content (AvgIpc) is 2.66. The molecule has 0 fully saturated rings. The summed E-state index contributed by atoms with van der Waals surface area (Å²) in [7, 11) is 0. The van der Waals surface area contributed by atoms with Crippen molar-refractivity contribution in [2.45, 2.75) is 18.2 Å². The highest BCUT2D eigenvalue weighted by atomic mass is 79.9. The van der Waals surface area contributed by atoms with E-state index in [1.54, 1.807) is 12.3 Å². The first-order valence-corrected chi connectivity index (χ1v) is 6.95. The van der Waals surface area contributed by atoms with Gasteiger partial charge in [0.1, 0.15) is 5.69 Å². The van der Waals surface area contributed by atoms with Crippen LogP contribution in [-0.4, -0.2) is 40.2 Å². The molecule has 16 heavy (non-hydrogen) atoms. The maximum absolute atomic E-state index is 11.8. The van der Waals surface area contributed by atoms with Crippen molar-refractivity contribution in [3.05, 3.63) is 22.4 Å². The molecular weight excluding hydrogens is 292 g/mol. The molecule has 90 valence electrons. The second-order valence-electron chi connectivity index (χ2n) is 3.45. The molecule has 4 nitrogen and oxygen atoms in total. The summed E-state index contributed by atoms with van der Waals surface area (Å²) in [6.07, 6.45) is 3.62. The van der Waals surface area contributed by atoms with Gasteiger partial charge >= 0.3 is 0 Å². The number of nitrogens with one attached hydrogen (secondary N) is 2. The monoisotopic (exact) mass is 306 g/mol. The number of thioether (sulfide) groups is 1. The number of hydrogen-bond acceptors (Lipinski definition) is 3. The van der Waals surface area contributed by atoms with Gasteiger partial charge in [0.2, 0.25) is 0 Å². The third-order valence-electron chi connectivity index (χ3n) is 2.29. The zero-order valence-corrected chi connectivity index (χ0v) is 11.6. The predicted octanol–water partition coefficient (Wildman–Crippen LogP) is 1.62. The summed E-state index contributed by atoms with van der Waals surface area (Å²) in [4.78, 5) is 14.6. The highest BCUT2D eigenvalue weighted by molar-refractivity contribution is 9.10. The molecule has 0 aliphatic carbocycles. The topological polar surface area (TPSA) is 65.1 Å². The fourth-order valence-corrected chi connectivity index (χ4v) is 2.28. The van der Waals surface area contributed by atoms with Gasteiger partial charge < -0.3 is 15.4 Å². The Morgan fingerprint density at radius 3 is 2.88 bits per heavy atom. The van der Waals surface area contributed by atoms with Gasteiger partial charge in [-0.1, -0.05) is 0 Å². The van der Waals surface area contributed by atoms with Crippen LogP contribution in [0.4, 0.5) is 0 Å². The van der Waals surface area contributed by atoms with Gasteiger partial charge in [0, 0.05) is 22.0 Å². The molecule has 1 amide bonds. The molecule has 0 spiro atoms. The number of carbonyl (C=O) groups is 1. The zero-order valence-electron chi connectivity index (χ0n) is 9.16. The Morgan fingerprint density at radius 1 is 1.75 bits per heavy atom. The lowest BCUT2D eigenvalue weighted by atomic mass is 10.2. The van der Waals surface area contributed by atoms with Crippen LogP contribution in [0.1, 0.15) is 17.4 Å². The van der Waals surface area contributed by atoms with Gasteiger partial charge in [0.05, 0.1) is 6.61 Å². The Kier molecular flexibility index (Phi) is 5.37. The summed E-state index contributed by atoms with van der Waals surface area (Å²) in [6, 6.07) is 1.64. The third-order valence-corrected chi connectivity index (χ3v) is 3.91. The van der Waals surface area contributed by atoms with Crippen molar-refractivity contribution in [1.29, 1.82) is 0 Å². The normalized spacial score (nSPS) is 14.5. The molecule has 1 rings (SSSR count). The minimum Gasteiger partial charge on any atom is -0.395 e. The fraction of sp³-hybridized carbons (Fsp3) is 0.500. The Bertz CT molecular complexity index is 352. The molecule has 0 saturated carbocycles. The van der Waals surface area contributed by atoms with Gasteiger partial charge in [-0.15, -0.1) is 0 Å². The van der Waals surface area contributed by atoms with E-state index in [0.717, 1.165) is 4.47 Å². The van der Waals surface area contributed by atoms with Crippen molar-refractivity contribution in [3.8, 4) is 0 Å². The summed E-state index contributed by atoms with van der Waals surface area (Å²) < 4.78 is 0.842. The molecule has 1 heterocycles. The van der Waals surface area contributed by atoms with Crippen LogP contribution in [-0.2, 0) is 0 Å². The van der Waals surface area contributed by atoms with Crippen molar-refractivity contribution in [1.82, 2.24) is 10.3 Å². The number of H-pyrrole nitrogens is 1. The number of carbonyl (C=O) groups excluding carboxylic acids is 1. The lowest BCUT2D eigenvalue weighted by Gasteiger charge is -2.20. The summed E-state index contributed by atoms with van der Waals surface area (Å²) in [6.45, 7) is 1.93. The van der Waals surface area contributed by atoms with E-state index in [1.165, 1.54) is 11.8 Å². The van der Waals surface area contributed by atoms with Gasteiger partial charge in [-0.3, -0.25) is 4.79 Å². The van der Waals surface area contributed by atoms with Gasteiger partial charge in [-0.2, -0.15) is 11.8 Å². The van der Waals surface area contributed by atoms with E-state index in [9.17, 15) is 4.79 Å². The van der Waals surface area contributed by atoms with E-state index in [0.29, 0.717) is 5.69 Å². The summed E-state index contributed by atoms with van der Waals surface area (Å²) in [5.74, 6) is -0.161. The zero-order chi connectivity index (χ0) is 12.1. The molecule has 3 N–H and O–H groups in total. The predicted molar refractivity (Wildman–Crippen MR) is 69.8 cm³/mol. The van der Waals surface area contributed by atoms with Gasteiger partial charge in [0.15, 0.2) is 0 Å². The largest absolute Gasteiger partial charge is 0.395 e. The van der Waals surface area contributed by atoms with Crippen LogP contribution in [0.5, 0.6) is 0 Å². The Labute approximate surface area is 107 Å². The number of rotatable bonds is 5. The standard InChI is InChI=1S/C10H15BrN2O2S/c1-6(9(5-14)16-2)13-10(15)8-3-7(11)4-12-8/h3-4,6,9,12,14H,5H2,1-2H3,(H,13,15)/t6-,9-/m1/s1. The molecule has 0 aliphatic heterocycles. The SMILES string of the molecule is CS[C@H](CO)[C@@H](C)NC(=O)c1cc(Br)c[nH]1. The molecule has 0 aliphatic rings. The molecule has 0 unspecified atom stereocenters. The molecule has 0 bridgehead atoms. The first-order chi connectivity index (χ1) is 7.58. The Hall–Kier alpha value is -0.460. The van der Waals surface area contributed by atoms with Crippen LogP contribution >= 0.6 is 27.7 Å². The quantitative estimate of drug-likeness (QED) is 0.774. The minimum absolute atomic E-state index is 0.0161. The van der Waals surface area contributed by atoms with Crippen molar-refractivity contribution >= 4 is 33.6 Å². The first-order valence-electron chi connectivity index (χ1n) is 4.87. The number of amides is 1. The van der Waals surface area contributed by atoms with Gasteiger partial charge in [-0.25, -0.2) is 0 Å². The molecule has 0 saturated heterocycles. The first kappa shape index (κ1) is 13.6. The third kappa shape index (κ3) is 3.54. The maximum Gasteiger partial charge on any atom is 0.267 e. The summed E-state index contributed by atoms with van der Waals surface area (Å²) in [5.41, 5.74) is 0.511. The lowest BCUT2D eigenvalue weighted by molar-refractivity contribution is 0.0931. The average molecular weight is 307 g/mol. The van der Waals surface area contributed by atoms with Gasteiger partial charge in [0.25, 0.3) is 5.91 Å². The number of hydrogen-bond donors (Lipinski definition) is 3. The lowest BCUT2D eigenvalue weighted by Crippen LogP contribution is -2.41. The maximum atomic E-state index is 11.8. The molecule has 0 radical (unpaired) electrons. The molecule has 0 aromatic carbocycles. The van der Waals surface area contributed by atoms with Crippen molar-refractivity contribution in [3.63, 3.8) is 0 Å². The number of aliphatic hydroxyl groups is 1. The van der Waals surface area contributed by atoms with E-state index in [4.69, 9.17) is 5.11 Å². The van der Waals surface area contributed by atoms with Crippen LogP contribution < -0.4 is 5.32 Å². The van der Waals surface area contributed by atoms with E-state index >= 15 is 0 Å². The summed E-state index contributed by atoms with van der Waals surface area (Å²) >= 11 is 4.80. The van der Waals surface area contributed by atoms with Crippen LogP contribution in [0.15, 0.2) is 16.7 Å². The van der Waals surface area contributed by atoms with E-state index in [1.807, 2.05) is 13.2 Å². The smallest absolute Gasteiger partial charge is 0.267 e. The number of aromatic nitrogens is 1. The van der Waals surface area contributed by atoms with Crippen LogP contribution in [0.3, 0.4) is 0 Å². The molecule has 1 aromatic rings. The number of aliphatic hydroxyl groups excluding tert-OH is 1. The number of halogens is 1. The Morgan fingerprint density at radius 2 is 2.44 bits per heavy atom. The highest BCUT2D eigenvalue weighted by Gasteiger charge is 2.18. The van der Waals surface area contributed by atoms with E-state index in [2.05, 4.69) is 26.2 Å². The van der Waals surface area contributed by atoms with E-state index < -0.39 is 0 Å².